The number of aromatic nitrogens is 3. The third-order valence-electron chi connectivity index (χ3n) is 9.04. The van der Waals surface area contributed by atoms with Gasteiger partial charge in [-0.15, -0.1) is 11.3 Å². The minimum absolute atomic E-state index is 0.00232. The SMILES string of the molecule is CC(=O)N1CCn2nc(Nc3cc(-c4cccc(CC5CCCc6cc(C(C)(C)C)sc6C5=O)c4CO)cn(C)c3=O)cc2C1. The standard InChI is InChI=1S/C35H41N5O4S/c1-21(42)39-12-13-40-26(19-39)17-31(37-40)36-29-15-25(18-38(5)34(29)44)27-11-7-8-22(28(27)20-41)14-23-9-6-10-24-16-30(35(2,3)4)45-33(24)32(23)43/h7-8,11,15-18,23,41H,6,9-10,12-14,19-20H2,1-5H3,(H,36,37). The van der Waals surface area contributed by atoms with Crippen LogP contribution in [0.3, 0.4) is 0 Å². The normalized spacial score (nSPS) is 16.7. The van der Waals surface area contributed by atoms with Crippen molar-refractivity contribution in [3.63, 3.8) is 0 Å². The van der Waals surface area contributed by atoms with Crippen LogP contribution in [0.5, 0.6) is 0 Å². The first kappa shape index (κ1) is 31.0. The lowest BCUT2D eigenvalue weighted by atomic mass is 9.87. The summed E-state index contributed by atoms with van der Waals surface area (Å²) in [7, 11) is 1.71. The summed E-state index contributed by atoms with van der Waals surface area (Å²) in [5, 5.41) is 18.5. The number of aliphatic hydroxyl groups is 1. The molecule has 1 aromatic carbocycles. The predicted octanol–water partition coefficient (Wildman–Crippen LogP) is 5.58. The maximum Gasteiger partial charge on any atom is 0.274 e. The van der Waals surface area contributed by atoms with Gasteiger partial charge in [-0.25, -0.2) is 0 Å². The molecule has 4 aromatic rings. The molecule has 0 saturated carbocycles. The highest BCUT2D eigenvalue weighted by atomic mass is 32.1. The fraction of sp³-hybridized carbons (Fsp3) is 0.429. The summed E-state index contributed by atoms with van der Waals surface area (Å²) in [6, 6.07) is 11.8. The van der Waals surface area contributed by atoms with Crippen molar-refractivity contribution in [1.82, 2.24) is 19.2 Å². The van der Waals surface area contributed by atoms with Gasteiger partial charge in [-0.2, -0.15) is 5.10 Å². The van der Waals surface area contributed by atoms with Crippen LogP contribution >= 0.6 is 11.3 Å². The maximum absolute atomic E-state index is 13.8. The number of carbonyl (C=O) groups is 2. The molecule has 1 aliphatic carbocycles. The van der Waals surface area contributed by atoms with Crippen molar-refractivity contribution in [3.05, 3.63) is 85.1 Å². The van der Waals surface area contributed by atoms with E-state index >= 15 is 0 Å². The fourth-order valence-electron chi connectivity index (χ4n) is 6.47. The van der Waals surface area contributed by atoms with Crippen LogP contribution in [0.1, 0.15) is 77.5 Å². The van der Waals surface area contributed by atoms with Gasteiger partial charge in [-0.1, -0.05) is 39.0 Å². The summed E-state index contributed by atoms with van der Waals surface area (Å²) in [6.45, 7) is 9.60. The van der Waals surface area contributed by atoms with Gasteiger partial charge in [0.1, 0.15) is 5.69 Å². The summed E-state index contributed by atoms with van der Waals surface area (Å²) >= 11 is 1.64. The molecule has 1 atom stereocenters. The van der Waals surface area contributed by atoms with Gasteiger partial charge in [0.2, 0.25) is 5.91 Å². The smallest absolute Gasteiger partial charge is 0.274 e. The Morgan fingerprint density at radius 1 is 1.16 bits per heavy atom. The van der Waals surface area contributed by atoms with E-state index in [0.29, 0.717) is 37.6 Å². The monoisotopic (exact) mass is 627 g/mol. The number of hydrogen-bond donors (Lipinski definition) is 2. The molecule has 0 saturated heterocycles. The number of anilines is 2. The third-order valence-corrected chi connectivity index (χ3v) is 10.7. The molecule has 0 fully saturated rings. The van der Waals surface area contributed by atoms with E-state index < -0.39 is 0 Å². The van der Waals surface area contributed by atoms with Crippen LogP contribution in [0.25, 0.3) is 11.1 Å². The van der Waals surface area contributed by atoms with E-state index in [-0.39, 0.29) is 35.2 Å². The Balaban J connectivity index is 1.29. The maximum atomic E-state index is 13.8. The van der Waals surface area contributed by atoms with Gasteiger partial charge in [0.15, 0.2) is 11.6 Å². The fourth-order valence-corrected chi connectivity index (χ4v) is 7.76. The Labute approximate surface area is 267 Å². The number of nitrogens with zero attached hydrogens (tertiary/aromatic N) is 4. The Morgan fingerprint density at radius 2 is 1.96 bits per heavy atom. The highest BCUT2D eigenvalue weighted by Gasteiger charge is 2.31. The lowest BCUT2D eigenvalue weighted by Crippen LogP contribution is -2.36. The van der Waals surface area contributed by atoms with Crippen molar-refractivity contribution in [2.75, 3.05) is 11.9 Å². The lowest BCUT2D eigenvalue weighted by Gasteiger charge is -2.26. The van der Waals surface area contributed by atoms with E-state index in [1.807, 2.05) is 28.9 Å². The molecular weight excluding hydrogens is 586 g/mol. The van der Waals surface area contributed by atoms with Crippen molar-refractivity contribution < 1.29 is 14.7 Å². The molecule has 0 radical (unpaired) electrons. The van der Waals surface area contributed by atoms with Gasteiger partial charge in [-0.05, 0) is 65.5 Å². The largest absolute Gasteiger partial charge is 0.392 e. The minimum Gasteiger partial charge on any atom is -0.392 e. The van der Waals surface area contributed by atoms with Crippen molar-refractivity contribution in [1.29, 1.82) is 0 Å². The number of nitrogens with one attached hydrogen (secondary N) is 1. The number of ketones is 1. The van der Waals surface area contributed by atoms with Gasteiger partial charge < -0.3 is 19.9 Å². The summed E-state index contributed by atoms with van der Waals surface area (Å²) in [5.74, 6) is 0.617. The first-order chi connectivity index (χ1) is 21.4. The van der Waals surface area contributed by atoms with E-state index in [4.69, 9.17) is 0 Å². The van der Waals surface area contributed by atoms with E-state index in [9.17, 15) is 19.5 Å². The van der Waals surface area contributed by atoms with Crippen molar-refractivity contribution >= 4 is 34.5 Å². The molecule has 1 aliphatic heterocycles. The van der Waals surface area contributed by atoms with Crippen LogP contribution in [0.2, 0.25) is 0 Å². The molecule has 45 heavy (non-hydrogen) atoms. The Kier molecular flexibility index (Phi) is 8.30. The molecule has 4 heterocycles. The van der Waals surface area contributed by atoms with E-state index in [1.165, 1.54) is 15.0 Å². The van der Waals surface area contributed by atoms with E-state index in [2.05, 4.69) is 37.3 Å². The van der Waals surface area contributed by atoms with Gasteiger partial charge in [0.25, 0.3) is 5.56 Å². The highest BCUT2D eigenvalue weighted by molar-refractivity contribution is 7.14. The second kappa shape index (κ2) is 12.1. The number of benzene rings is 1. The van der Waals surface area contributed by atoms with Crippen LogP contribution in [0, 0.1) is 5.92 Å². The zero-order chi connectivity index (χ0) is 32.0. The molecule has 2 aliphatic rings. The zero-order valence-corrected chi connectivity index (χ0v) is 27.5. The van der Waals surface area contributed by atoms with E-state index in [1.54, 1.807) is 42.5 Å². The summed E-state index contributed by atoms with van der Waals surface area (Å²) < 4.78 is 3.39. The molecule has 236 valence electrons. The van der Waals surface area contributed by atoms with Crippen molar-refractivity contribution in [2.45, 2.75) is 78.5 Å². The highest BCUT2D eigenvalue weighted by Crippen LogP contribution is 2.38. The van der Waals surface area contributed by atoms with Crippen LogP contribution in [0.4, 0.5) is 11.5 Å². The minimum atomic E-state index is -0.206. The summed E-state index contributed by atoms with van der Waals surface area (Å²) in [4.78, 5) is 42.8. The number of rotatable bonds is 6. The molecule has 6 rings (SSSR count). The topological polar surface area (TPSA) is 109 Å². The number of pyridine rings is 1. The third kappa shape index (κ3) is 6.13. The van der Waals surface area contributed by atoms with Crippen molar-refractivity contribution in [3.8, 4) is 11.1 Å². The number of aryl methyl sites for hydroxylation is 2. The zero-order valence-electron chi connectivity index (χ0n) is 26.6. The number of aliphatic hydroxyl groups excluding tert-OH is 1. The molecule has 9 nitrogen and oxygen atoms in total. The van der Waals surface area contributed by atoms with Crippen LogP contribution in [-0.2, 0) is 49.8 Å². The quantitative estimate of drug-likeness (QED) is 0.270. The van der Waals surface area contributed by atoms with Crippen LogP contribution in [-0.4, -0.2) is 42.6 Å². The van der Waals surface area contributed by atoms with Gasteiger partial charge >= 0.3 is 0 Å². The summed E-state index contributed by atoms with van der Waals surface area (Å²) in [6.07, 6.45) is 5.01. The Morgan fingerprint density at radius 3 is 2.69 bits per heavy atom. The number of amides is 1. The number of fused-ring (bicyclic) bond motifs is 2. The predicted molar refractivity (Wildman–Crippen MR) is 177 cm³/mol. The summed E-state index contributed by atoms with van der Waals surface area (Å²) in [5.41, 5.74) is 5.55. The second-order valence-electron chi connectivity index (χ2n) is 13.3. The molecule has 1 amide bonds. The number of Topliss-reactive ketones (excluding diaryl/α,β-unsaturated/α-hetero) is 1. The van der Waals surface area contributed by atoms with Crippen LogP contribution < -0.4 is 10.9 Å². The van der Waals surface area contributed by atoms with Gasteiger partial charge in [0, 0.05) is 49.1 Å². The lowest BCUT2D eigenvalue weighted by molar-refractivity contribution is -0.130. The number of thiophene rings is 1. The number of carbonyl (C=O) groups excluding carboxylic acids is 2. The average molecular weight is 628 g/mol. The van der Waals surface area contributed by atoms with Gasteiger partial charge in [0.05, 0.1) is 30.3 Å². The van der Waals surface area contributed by atoms with Crippen molar-refractivity contribution in [2.24, 2.45) is 13.0 Å². The molecule has 10 heteroatoms. The Bertz CT molecular complexity index is 1840. The molecule has 0 bridgehead atoms. The van der Waals surface area contributed by atoms with E-state index in [0.717, 1.165) is 52.1 Å². The Hall–Kier alpha value is -4.02. The molecular formula is C35H41N5O4S. The first-order valence-corrected chi connectivity index (χ1v) is 16.4. The number of hydrogen-bond acceptors (Lipinski definition) is 7. The molecule has 1 unspecified atom stereocenters. The first-order valence-electron chi connectivity index (χ1n) is 15.6. The molecule has 0 spiro atoms. The second-order valence-corrected chi connectivity index (χ2v) is 14.4. The van der Waals surface area contributed by atoms with Crippen LogP contribution in [0.15, 0.2) is 47.4 Å². The molecule has 3 aromatic heterocycles. The average Bonchev–Trinajstić information content (AvgIpc) is 3.58. The molecule has 2 N–H and O–H groups in total. The van der Waals surface area contributed by atoms with Gasteiger partial charge in [-0.3, -0.25) is 19.1 Å².